The van der Waals surface area contributed by atoms with E-state index in [2.05, 4.69) is 18.0 Å². The van der Waals surface area contributed by atoms with Gasteiger partial charge in [0, 0.05) is 18.1 Å². The van der Waals surface area contributed by atoms with Crippen molar-refractivity contribution in [2.45, 2.75) is 38.0 Å². The Morgan fingerprint density at radius 2 is 2.10 bits per heavy atom. The molecule has 1 aromatic rings. The quantitative estimate of drug-likeness (QED) is 0.588. The summed E-state index contributed by atoms with van der Waals surface area (Å²) in [6, 6.07) is 6.02. The van der Waals surface area contributed by atoms with Crippen LogP contribution in [0, 0.1) is 0 Å². The average Bonchev–Trinajstić information content (AvgIpc) is 2.49. The van der Waals surface area contributed by atoms with Gasteiger partial charge in [0.25, 0.3) is 0 Å². The standard InChI is InChI=1S/C17H24ClNO/c1-2-10-19-11-12-20-17-9-8-15(18)13-16(17)14-6-4-3-5-7-14/h2,8-9,13-14,19H,1,3-7,10-12H2. The molecule has 0 spiro atoms. The first-order valence-corrected chi connectivity index (χ1v) is 7.93. The molecule has 3 heteroatoms. The largest absolute Gasteiger partial charge is 0.492 e. The number of rotatable bonds is 7. The molecule has 0 aromatic heterocycles. The summed E-state index contributed by atoms with van der Waals surface area (Å²) in [5.74, 6) is 1.61. The zero-order valence-corrected chi connectivity index (χ0v) is 12.8. The third-order valence-corrected chi connectivity index (χ3v) is 4.08. The van der Waals surface area contributed by atoms with E-state index in [1.807, 2.05) is 18.2 Å². The number of nitrogens with one attached hydrogen (secondary N) is 1. The fraction of sp³-hybridized carbons (Fsp3) is 0.529. The fourth-order valence-electron chi connectivity index (χ4n) is 2.82. The van der Waals surface area contributed by atoms with Gasteiger partial charge in [0.15, 0.2) is 0 Å². The van der Waals surface area contributed by atoms with Crippen LogP contribution >= 0.6 is 11.6 Å². The van der Waals surface area contributed by atoms with Crippen LogP contribution in [0.25, 0.3) is 0 Å². The molecule has 20 heavy (non-hydrogen) atoms. The van der Waals surface area contributed by atoms with Crippen LogP contribution in [0.15, 0.2) is 30.9 Å². The average molecular weight is 294 g/mol. The SMILES string of the molecule is C=CCNCCOc1ccc(Cl)cc1C1CCCCC1. The Kier molecular flexibility index (Phi) is 6.41. The van der Waals surface area contributed by atoms with Crippen LogP contribution < -0.4 is 10.1 Å². The van der Waals surface area contributed by atoms with Gasteiger partial charge in [0.05, 0.1) is 0 Å². The second-order valence-corrected chi connectivity index (χ2v) is 5.79. The summed E-state index contributed by atoms with van der Waals surface area (Å²) in [6.45, 7) is 6.01. The normalized spacial score (nSPS) is 16.1. The zero-order chi connectivity index (χ0) is 14.2. The van der Waals surface area contributed by atoms with E-state index < -0.39 is 0 Å². The van der Waals surface area contributed by atoms with Crippen molar-refractivity contribution in [1.29, 1.82) is 0 Å². The van der Waals surface area contributed by atoms with E-state index in [1.54, 1.807) is 0 Å². The molecule has 0 saturated heterocycles. The molecule has 1 aliphatic carbocycles. The van der Waals surface area contributed by atoms with E-state index in [0.717, 1.165) is 23.9 Å². The van der Waals surface area contributed by atoms with Crippen molar-refractivity contribution in [2.24, 2.45) is 0 Å². The highest BCUT2D eigenvalue weighted by molar-refractivity contribution is 6.30. The van der Waals surface area contributed by atoms with Gasteiger partial charge in [-0.15, -0.1) is 6.58 Å². The third-order valence-electron chi connectivity index (χ3n) is 3.84. The Labute approximate surface area is 127 Å². The Balaban J connectivity index is 1.97. The molecular formula is C17H24ClNO. The molecule has 0 heterocycles. The van der Waals surface area contributed by atoms with E-state index in [4.69, 9.17) is 16.3 Å². The van der Waals surface area contributed by atoms with Crippen LogP contribution in [0.2, 0.25) is 5.02 Å². The highest BCUT2D eigenvalue weighted by atomic mass is 35.5. The molecule has 1 fully saturated rings. The summed E-state index contributed by atoms with van der Waals surface area (Å²) < 4.78 is 5.94. The summed E-state index contributed by atoms with van der Waals surface area (Å²) in [4.78, 5) is 0. The lowest BCUT2D eigenvalue weighted by Crippen LogP contribution is -2.21. The first kappa shape index (κ1) is 15.4. The molecule has 0 unspecified atom stereocenters. The topological polar surface area (TPSA) is 21.3 Å². The lowest BCUT2D eigenvalue weighted by molar-refractivity contribution is 0.307. The maximum absolute atomic E-state index is 6.16. The smallest absolute Gasteiger partial charge is 0.122 e. The molecule has 0 aliphatic heterocycles. The van der Waals surface area contributed by atoms with Crippen molar-refractivity contribution in [1.82, 2.24) is 5.32 Å². The molecular weight excluding hydrogens is 270 g/mol. The molecule has 2 nitrogen and oxygen atoms in total. The van der Waals surface area contributed by atoms with Gasteiger partial charge in [-0.05, 0) is 42.5 Å². The summed E-state index contributed by atoms with van der Waals surface area (Å²) in [5.41, 5.74) is 1.29. The van der Waals surface area contributed by atoms with Crippen molar-refractivity contribution in [3.05, 3.63) is 41.4 Å². The molecule has 0 radical (unpaired) electrons. The number of hydrogen-bond donors (Lipinski definition) is 1. The molecule has 2 rings (SSSR count). The number of halogens is 1. The zero-order valence-electron chi connectivity index (χ0n) is 12.0. The number of benzene rings is 1. The highest BCUT2D eigenvalue weighted by Gasteiger charge is 2.19. The molecule has 1 N–H and O–H groups in total. The van der Waals surface area contributed by atoms with Gasteiger partial charge in [-0.1, -0.05) is 36.9 Å². The number of hydrogen-bond acceptors (Lipinski definition) is 2. The van der Waals surface area contributed by atoms with Crippen molar-refractivity contribution < 1.29 is 4.74 Å². The molecule has 0 amide bonds. The Hall–Kier alpha value is -0.990. The lowest BCUT2D eigenvalue weighted by atomic mass is 9.84. The van der Waals surface area contributed by atoms with Crippen LogP contribution in [0.3, 0.4) is 0 Å². The van der Waals surface area contributed by atoms with E-state index >= 15 is 0 Å². The van der Waals surface area contributed by atoms with Gasteiger partial charge in [-0.25, -0.2) is 0 Å². The van der Waals surface area contributed by atoms with Crippen molar-refractivity contribution in [3.63, 3.8) is 0 Å². The summed E-state index contributed by atoms with van der Waals surface area (Å²) in [5, 5.41) is 4.05. The van der Waals surface area contributed by atoms with E-state index in [0.29, 0.717) is 12.5 Å². The van der Waals surface area contributed by atoms with Crippen LogP contribution in [-0.4, -0.2) is 19.7 Å². The second kappa shape index (κ2) is 8.33. The van der Waals surface area contributed by atoms with Gasteiger partial charge in [0.2, 0.25) is 0 Å². The first-order chi connectivity index (χ1) is 9.81. The minimum Gasteiger partial charge on any atom is -0.492 e. The first-order valence-electron chi connectivity index (χ1n) is 7.55. The molecule has 0 atom stereocenters. The number of ether oxygens (including phenoxy) is 1. The molecule has 0 bridgehead atoms. The van der Waals surface area contributed by atoms with E-state index in [9.17, 15) is 0 Å². The summed E-state index contributed by atoms with van der Waals surface area (Å²) in [6.07, 6.45) is 8.36. The van der Waals surface area contributed by atoms with Gasteiger partial charge in [0.1, 0.15) is 12.4 Å². The van der Waals surface area contributed by atoms with Crippen molar-refractivity contribution in [3.8, 4) is 5.75 Å². The Bertz CT molecular complexity index is 427. The molecule has 110 valence electrons. The predicted octanol–water partition coefficient (Wildman–Crippen LogP) is 4.54. The lowest BCUT2D eigenvalue weighted by Gasteiger charge is -2.24. The van der Waals surface area contributed by atoms with Gasteiger partial charge in [-0.3, -0.25) is 0 Å². The predicted molar refractivity (Wildman–Crippen MR) is 85.8 cm³/mol. The van der Waals surface area contributed by atoms with Crippen LogP contribution in [-0.2, 0) is 0 Å². The van der Waals surface area contributed by atoms with E-state index in [-0.39, 0.29) is 0 Å². The molecule has 1 saturated carbocycles. The Morgan fingerprint density at radius 3 is 2.85 bits per heavy atom. The van der Waals surface area contributed by atoms with Gasteiger partial charge in [-0.2, -0.15) is 0 Å². The summed E-state index contributed by atoms with van der Waals surface area (Å²) >= 11 is 6.16. The van der Waals surface area contributed by atoms with Crippen LogP contribution in [0.4, 0.5) is 0 Å². The Morgan fingerprint density at radius 1 is 1.30 bits per heavy atom. The molecule has 1 aliphatic rings. The van der Waals surface area contributed by atoms with Crippen LogP contribution in [0.5, 0.6) is 5.75 Å². The molecule has 1 aromatic carbocycles. The maximum Gasteiger partial charge on any atom is 0.122 e. The highest BCUT2D eigenvalue weighted by Crippen LogP contribution is 2.38. The van der Waals surface area contributed by atoms with E-state index in [1.165, 1.54) is 37.7 Å². The van der Waals surface area contributed by atoms with Gasteiger partial charge < -0.3 is 10.1 Å². The van der Waals surface area contributed by atoms with Crippen LogP contribution in [0.1, 0.15) is 43.6 Å². The maximum atomic E-state index is 6.16. The van der Waals surface area contributed by atoms with Gasteiger partial charge >= 0.3 is 0 Å². The van der Waals surface area contributed by atoms with Crippen molar-refractivity contribution in [2.75, 3.05) is 19.7 Å². The monoisotopic (exact) mass is 293 g/mol. The third kappa shape index (κ3) is 4.53. The minimum atomic E-state index is 0.610. The minimum absolute atomic E-state index is 0.610. The fourth-order valence-corrected chi connectivity index (χ4v) is 3.00. The second-order valence-electron chi connectivity index (χ2n) is 5.36. The van der Waals surface area contributed by atoms with Crippen molar-refractivity contribution >= 4 is 11.6 Å². The summed E-state index contributed by atoms with van der Waals surface area (Å²) in [7, 11) is 0.